The Balaban J connectivity index is 2.90. The third-order valence-corrected chi connectivity index (χ3v) is 3.29. The second-order valence-corrected chi connectivity index (χ2v) is 4.71. The largest absolute Gasteiger partial charge is 0.493 e. The van der Waals surface area contributed by atoms with Crippen LogP contribution in [0, 0.1) is 6.92 Å². The van der Waals surface area contributed by atoms with Crippen molar-refractivity contribution in [3.05, 3.63) is 32.6 Å². The van der Waals surface area contributed by atoms with Gasteiger partial charge in [0, 0.05) is 18.8 Å². The zero-order chi connectivity index (χ0) is 16.4. The Kier molecular flexibility index (Phi) is 4.30. The van der Waals surface area contributed by atoms with Gasteiger partial charge >= 0.3 is 11.7 Å². The van der Waals surface area contributed by atoms with Gasteiger partial charge in [-0.1, -0.05) is 0 Å². The fourth-order valence-electron chi connectivity index (χ4n) is 2.18. The number of aromatic nitrogens is 3. The van der Waals surface area contributed by atoms with Crippen LogP contribution in [0.2, 0.25) is 0 Å². The Bertz CT molecular complexity index is 850. The first-order valence-electron chi connectivity index (χ1n) is 6.71. The van der Waals surface area contributed by atoms with Gasteiger partial charge in [0.25, 0.3) is 5.56 Å². The van der Waals surface area contributed by atoms with E-state index in [9.17, 15) is 14.4 Å². The number of aryl methyl sites for hydroxylation is 2. The first-order chi connectivity index (χ1) is 10.4. The zero-order valence-corrected chi connectivity index (χ0v) is 12.9. The maximum Gasteiger partial charge on any atom is 0.332 e. The van der Waals surface area contributed by atoms with Crippen molar-refractivity contribution in [2.45, 2.75) is 20.4 Å². The number of esters is 1. The van der Waals surface area contributed by atoms with E-state index in [1.807, 2.05) is 0 Å². The zero-order valence-electron chi connectivity index (χ0n) is 12.9. The number of methoxy groups -OCH3 is 1. The summed E-state index contributed by atoms with van der Waals surface area (Å²) in [6.07, 6.45) is 1.54. The lowest BCUT2D eigenvalue weighted by atomic mass is 10.2. The molecule has 0 fully saturated rings. The molecule has 0 spiro atoms. The number of ether oxygens (including phenoxy) is 2. The summed E-state index contributed by atoms with van der Waals surface area (Å²) in [7, 11) is 2.67. The van der Waals surface area contributed by atoms with E-state index in [4.69, 9.17) is 4.74 Å². The quantitative estimate of drug-likeness (QED) is 0.737. The summed E-state index contributed by atoms with van der Waals surface area (Å²) in [5.74, 6) is -0.316. The van der Waals surface area contributed by atoms with Crippen molar-refractivity contribution in [2.24, 2.45) is 7.05 Å². The van der Waals surface area contributed by atoms with Crippen LogP contribution in [0.4, 0.5) is 0 Å². The standard InChI is InChI=1S/C14H17N3O5/c1-5-22-11-8(2)6-15-12-10(11)13(19)17(7-9(18)21-4)14(20)16(12)3/h6H,5,7H2,1-4H3. The maximum absolute atomic E-state index is 12.6. The highest BCUT2D eigenvalue weighted by Gasteiger charge is 2.19. The third kappa shape index (κ3) is 2.47. The minimum absolute atomic E-state index is 0.174. The maximum atomic E-state index is 12.6. The summed E-state index contributed by atoms with van der Waals surface area (Å²) in [6.45, 7) is 3.45. The fraction of sp³-hybridized carbons (Fsp3) is 0.429. The number of rotatable bonds is 4. The molecule has 2 aromatic heterocycles. The van der Waals surface area contributed by atoms with Crippen LogP contribution >= 0.6 is 0 Å². The van der Waals surface area contributed by atoms with E-state index < -0.39 is 23.8 Å². The van der Waals surface area contributed by atoms with Crippen LogP contribution in [0.3, 0.4) is 0 Å². The molecule has 0 aliphatic carbocycles. The average Bonchev–Trinajstić information content (AvgIpc) is 2.51. The number of carbonyl (C=O) groups is 1. The summed E-state index contributed by atoms with van der Waals surface area (Å²) in [5, 5.41) is 0.174. The Labute approximate surface area is 125 Å². The molecule has 0 unspecified atom stereocenters. The number of pyridine rings is 1. The van der Waals surface area contributed by atoms with Gasteiger partial charge in [0.1, 0.15) is 17.7 Å². The number of hydrogen-bond donors (Lipinski definition) is 0. The van der Waals surface area contributed by atoms with Gasteiger partial charge in [0.15, 0.2) is 5.65 Å². The molecule has 0 atom stereocenters. The van der Waals surface area contributed by atoms with Gasteiger partial charge in [0.2, 0.25) is 0 Å². The van der Waals surface area contributed by atoms with Crippen molar-refractivity contribution in [3.8, 4) is 5.75 Å². The molecule has 0 saturated heterocycles. The number of carbonyl (C=O) groups excluding carboxylic acids is 1. The summed E-state index contributed by atoms with van der Waals surface area (Å²) < 4.78 is 12.1. The summed E-state index contributed by atoms with van der Waals surface area (Å²) in [4.78, 5) is 40.4. The molecule has 0 aliphatic heterocycles. The van der Waals surface area contributed by atoms with Gasteiger partial charge in [0.05, 0.1) is 13.7 Å². The van der Waals surface area contributed by atoms with Gasteiger partial charge in [-0.15, -0.1) is 0 Å². The molecular weight excluding hydrogens is 290 g/mol. The lowest BCUT2D eigenvalue weighted by Gasteiger charge is -2.13. The predicted octanol–water partition coefficient (Wildman–Crippen LogP) is -0.0247. The van der Waals surface area contributed by atoms with E-state index in [-0.39, 0.29) is 11.0 Å². The minimum atomic E-state index is -0.683. The molecular formula is C14H17N3O5. The fourth-order valence-corrected chi connectivity index (χ4v) is 2.18. The van der Waals surface area contributed by atoms with Crippen molar-refractivity contribution < 1.29 is 14.3 Å². The highest BCUT2D eigenvalue weighted by Crippen LogP contribution is 2.24. The Morgan fingerprint density at radius 1 is 1.36 bits per heavy atom. The van der Waals surface area contributed by atoms with E-state index in [0.29, 0.717) is 17.9 Å². The van der Waals surface area contributed by atoms with Crippen molar-refractivity contribution in [1.82, 2.24) is 14.1 Å². The van der Waals surface area contributed by atoms with E-state index in [0.717, 1.165) is 4.57 Å². The van der Waals surface area contributed by atoms with Gasteiger partial charge in [-0.05, 0) is 13.8 Å². The molecule has 8 nitrogen and oxygen atoms in total. The second kappa shape index (κ2) is 6.00. The van der Waals surface area contributed by atoms with Crippen molar-refractivity contribution in [2.75, 3.05) is 13.7 Å². The van der Waals surface area contributed by atoms with Crippen molar-refractivity contribution >= 4 is 17.0 Å². The van der Waals surface area contributed by atoms with Gasteiger partial charge in [-0.25, -0.2) is 14.3 Å². The van der Waals surface area contributed by atoms with Gasteiger partial charge < -0.3 is 9.47 Å². The highest BCUT2D eigenvalue weighted by atomic mass is 16.5. The molecule has 0 saturated carbocycles. The monoisotopic (exact) mass is 307 g/mol. The predicted molar refractivity (Wildman–Crippen MR) is 79.2 cm³/mol. The molecule has 118 valence electrons. The van der Waals surface area contributed by atoms with Crippen LogP contribution in [-0.4, -0.2) is 33.8 Å². The Hall–Kier alpha value is -2.64. The summed E-state index contributed by atoms with van der Waals surface area (Å²) in [5.41, 5.74) is -0.371. The van der Waals surface area contributed by atoms with Crippen LogP contribution < -0.4 is 16.0 Å². The number of fused-ring (bicyclic) bond motifs is 1. The topological polar surface area (TPSA) is 92.4 Å². The van der Waals surface area contributed by atoms with Crippen LogP contribution in [0.15, 0.2) is 15.8 Å². The minimum Gasteiger partial charge on any atom is -0.493 e. The summed E-state index contributed by atoms with van der Waals surface area (Å²) >= 11 is 0. The number of nitrogens with zero attached hydrogens (tertiary/aromatic N) is 3. The third-order valence-electron chi connectivity index (χ3n) is 3.29. The normalized spacial score (nSPS) is 10.7. The molecule has 0 aliphatic rings. The second-order valence-electron chi connectivity index (χ2n) is 4.71. The van der Waals surface area contributed by atoms with Gasteiger partial charge in [-0.2, -0.15) is 0 Å². The molecule has 22 heavy (non-hydrogen) atoms. The SMILES string of the molecule is CCOc1c(C)cnc2c1c(=O)n(CC(=O)OC)c(=O)n2C. The highest BCUT2D eigenvalue weighted by molar-refractivity contribution is 5.82. The van der Waals surface area contributed by atoms with Crippen LogP contribution in [0.1, 0.15) is 12.5 Å². The lowest BCUT2D eigenvalue weighted by Crippen LogP contribution is -2.41. The lowest BCUT2D eigenvalue weighted by molar-refractivity contribution is -0.141. The van der Waals surface area contributed by atoms with Gasteiger partial charge in [-0.3, -0.25) is 14.2 Å². The first kappa shape index (κ1) is 15.7. The molecule has 2 rings (SSSR count). The van der Waals surface area contributed by atoms with E-state index in [1.54, 1.807) is 13.8 Å². The van der Waals surface area contributed by atoms with E-state index >= 15 is 0 Å². The van der Waals surface area contributed by atoms with Crippen LogP contribution in [-0.2, 0) is 23.1 Å². The summed E-state index contributed by atoms with van der Waals surface area (Å²) in [6, 6.07) is 0. The Morgan fingerprint density at radius 2 is 2.05 bits per heavy atom. The molecule has 0 radical (unpaired) electrons. The molecule has 0 aromatic carbocycles. The molecule has 8 heteroatoms. The molecule has 2 heterocycles. The Morgan fingerprint density at radius 3 is 2.64 bits per heavy atom. The smallest absolute Gasteiger partial charge is 0.332 e. The molecule has 0 N–H and O–H groups in total. The van der Waals surface area contributed by atoms with E-state index in [2.05, 4.69) is 9.72 Å². The van der Waals surface area contributed by atoms with Crippen molar-refractivity contribution in [3.63, 3.8) is 0 Å². The first-order valence-corrected chi connectivity index (χ1v) is 6.71. The molecule has 0 amide bonds. The molecule has 2 aromatic rings. The van der Waals surface area contributed by atoms with Crippen molar-refractivity contribution in [1.29, 1.82) is 0 Å². The molecule has 0 bridgehead atoms. The number of hydrogen-bond acceptors (Lipinski definition) is 6. The van der Waals surface area contributed by atoms with Crippen LogP contribution in [0.25, 0.3) is 11.0 Å². The van der Waals surface area contributed by atoms with Crippen LogP contribution in [0.5, 0.6) is 5.75 Å². The average molecular weight is 307 g/mol. The van der Waals surface area contributed by atoms with E-state index in [1.165, 1.54) is 24.9 Å².